The van der Waals surface area contributed by atoms with Gasteiger partial charge in [-0.15, -0.1) is 0 Å². The van der Waals surface area contributed by atoms with Crippen LogP contribution in [-0.2, 0) is 24.8 Å². The van der Waals surface area contributed by atoms with Gasteiger partial charge in [-0.25, -0.2) is 0 Å². The van der Waals surface area contributed by atoms with Crippen LogP contribution in [0.4, 0.5) is 5.69 Å². The number of fused-ring (bicyclic) bond motifs is 2. The Morgan fingerprint density at radius 2 is 2.10 bits per heavy atom. The van der Waals surface area contributed by atoms with Crippen LogP contribution in [0, 0.1) is 6.92 Å². The summed E-state index contributed by atoms with van der Waals surface area (Å²) in [6.45, 7) is 2.18. The van der Waals surface area contributed by atoms with Crippen molar-refractivity contribution in [2.24, 2.45) is 0 Å². The van der Waals surface area contributed by atoms with E-state index in [1.165, 1.54) is 0 Å². The maximum atomic E-state index is 12.6. The van der Waals surface area contributed by atoms with Crippen LogP contribution in [0.1, 0.15) is 17.5 Å². The molecule has 1 spiro atoms. The lowest BCUT2D eigenvalue weighted by Crippen LogP contribution is -2.49. The second-order valence-corrected chi connectivity index (χ2v) is 4.95. The number of ether oxygens (including phenoxy) is 2. The molecule has 20 heavy (non-hydrogen) atoms. The van der Waals surface area contributed by atoms with Crippen LogP contribution in [0.15, 0.2) is 18.2 Å². The summed E-state index contributed by atoms with van der Waals surface area (Å²) in [4.78, 5) is 24.6. The van der Waals surface area contributed by atoms with Crippen LogP contribution in [0.3, 0.4) is 0 Å². The lowest BCUT2D eigenvalue weighted by atomic mass is 10.0. The first-order valence-electron chi connectivity index (χ1n) is 6.45. The minimum atomic E-state index is -1.49. The van der Waals surface area contributed by atoms with Crippen LogP contribution in [0.2, 0.25) is 0 Å². The number of carbonyl (C=O) groups is 2. The van der Waals surface area contributed by atoms with Gasteiger partial charge in [-0.2, -0.15) is 0 Å². The number of anilines is 1. The molecule has 0 atom stereocenters. The van der Waals surface area contributed by atoms with Gasteiger partial charge >= 0.3 is 0 Å². The highest BCUT2D eigenvalue weighted by molar-refractivity contribution is 6.08. The molecule has 0 aliphatic carbocycles. The summed E-state index contributed by atoms with van der Waals surface area (Å²) in [5, 5.41) is 10.9. The van der Waals surface area contributed by atoms with E-state index < -0.39 is 24.2 Å². The molecule has 2 aliphatic rings. The zero-order valence-corrected chi connectivity index (χ0v) is 11.0. The van der Waals surface area contributed by atoms with E-state index in [9.17, 15) is 14.7 Å². The third kappa shape index (κ3) is 1.80. The molecule has 106 valence electrons. The van der Waals surface area contributed by atoms with Crippen molar-refractivity contribution in [1.29, 1.82) is 0 Å². The Morgan fingerprint density at radius 1 is 1.40 bits per heavy atom. The first kappa shape index (κ1) is 13.1. The lowest BCUT2D eigenvalue weighted by Gasteiger charge is -2.32. The number of amides is 1. The lowest BCUT2D eigenvalue weighted by molar-refractivity contribution is -0.303. The quantitative estimate of drug-likeness (QED) is 0.739. The highest BCUT2D eigenvalue weighted by atomic mass is 16.7. The van der Waals surface area contributed by atoms with E-state index in [1.54, 1.807) is 12.1 Å². The van der Waals surface area contributed by atoms with Gasteiger partial charge in [-0.1, -0.05) is 11.6 Å². The van der Waals surface area contributed by atoms with Crippen LogP contribution in [0.25, 0.3) is 0 Å². The fraction of sp³-hybridized carbons (Fsp3) is 0.429. The van der Waals surface area contributed by atoms with Crippen molar-refractivity contribution in [3.05, 3.63) is 29.3 Å². The van der Waals surface area contributed by atoms with Gasteiger partial charge in [0.05, 0.1) is 31.4 Å². The average molecular weight is 276 g/mol. The van der Waals surface area contributed by atoms with Gasteiger partial charge in [0.1, 0.15) is 0 Å². The summed E-state index contributed by atoms with van der Waals surface area (Å²) in [6.07, 6.45) is 0.705. The highest BCUT2D eigenvalue weighted by Gasteiger charge is 2.54. The summed E-state index contributed by atoms with van der Waals surface area (Å²) in [5.74, 6) is -3.31. The molecular formula is C14H14NO5-. The molecule has 0 bridgehead atoms. The van der Waals surface area contributed by atoms with Gasteiger partial charge in [-0.3, -0.25) is 4.79 Å². The topological polar surface area (TPSA) is 78.9 Å². The van der Waals surface area contributed by atoms with Crippen LogP contribution < -0.4 is 10.0 Å². The standard InChI is InChI=1S/C14H15NO5/c1-9-3-4-11-10(7-9)14(19-5-2-6-20-14)13(18)15(11)8-12(16)17/h3-4,7H,2,5-6,8H2,1H3,(H,16,17)/p-1. The van der Waals surface area contributed by atoms with Gasteiger partial charge in [0.25, 0.3) is 11.7 Å². The summed E-state index contributed by atoms with van der Waals surface area (Å²) in [5.41, 5.74) is 2.03. The normalized spacial score (nSPS) is 20.2. The number of carboxylic acids is 1. The maximum Gasteiger partial charge on any atom is 0.292 e. The van der Waals surface area contributed by atoms with E-state index in [0.717, 1.165) is 10.5 Å². The number of benzene rings is 1. The van der Waals surface area contributed by atoms with Crippen molar-refractivity contribution >= 4 is 17.6 Å². The molecule has 0 N–H and O–H groups in total. The minimum absolute atomic E-state index is 0.401. The van der Waals surface area contributed by atoms with Crippen LogP contribution >= 0.6 is 0 Å². The summed E-state index contributed by atoms with van der Waals surface area (Å²) in [6, 6.07) is 5.33. The SMILES string of the molecule is Cc1ccc2c(c1)C1(OCCCO1)C(=O)N2CC(=O)[O-]. The van der Waals surface area contributed by atoms with Crippen LogP contribution in [0.5, 0.6) is 0 Å². The molecule has 1 saturated heterocycles. The molecule has 1 aromatic rings. The predicted octanol–water partition coefficient (Wildman–Crippen LogP) is -0.319. The second kappa shape index (κ2) is 4.57. The molecule has 2 heterocycles. The van der Waals surface area contributed by atoms with Crippen molar-refractivity contribution in [3.8, 4) is 0 Å². The molecule has 0 unspecified atom stereocenters. The molecule has 6 nitrogen and oxygen atoms in total. The van der Waals surface area contributed by atoms with Crippen molar-refractivity contribution < 1.29 is 24.2 Å². The van der Waals surface area contributed by atoms with Gasteiger partial charge in [-0.05, 0) is 25.5 Å². The van der Waals surface area contributed by atoms with E-state index in [0.29, 0.717) is 30.9 Å². The Morgan fingerprint density at radius 3 is 2.75 bits per heavy atom. The number of hydrogen-bond donors (Lipinski definition) is 0. The van der Waals surface area contributed by atoms with Gasteiger partial charge < -0.3 is 24.3 Å². The Kier molecular flexibility index (Phi) is 2.99. The zero-order chi connectivity index (χ0) is 14.3. The molecule has 0 saturated carbocycles. The minimum Gasteiger partial charge on any atom is -0.548 e. The molecule has 1 amide bonds. The number of nitrogens with zero attached hydrogens (tertiary/aromatic N) is 1. The van der Waals surface area contributed by atoms with Crippen molar-refractivity contribution in [3.63, 3.8) is 0 Å². The van der Waals surface area contributed by atoms with Crippen LogP contribution in [-0.4, -0.2) is 31.6 Å². The number of rotatable bonds is 2. The maximum absolute atomic E-state index is 12.6. The molecule has 1 fully saturated rings. The summed E-state index contributed by atoms with van der Waals surface area (Å²) in [7, 11) is 0. The summed E-state index contributed by atoms with van der Waals surface area (Å²) < 4.78 is 11.2. The van der Waals surface area contributed by atoms with E-state index in [2.05, 4.69) is 0 Å². The van der Waals surface area contributed by atoms with E-state index in [4.69, 9.17) is 9.47 Å². The number of aliphatic carboxylic acids is 1. The van der Waals surface area contributed by atoms with Gasteiger partial charge in [0.2, 0.25) is 0 Å². The van der Waals surface area contributed by atoms with Crippen molar-refractivity contribution in [1.82, 2.24) is 0 Å². The smallest absolute Gasteiger partial charge is 0.292 e. The molecule has 3 rings (SSSR count). The highest BCUT2D eigenvalue weighted by Crippen LogP contribution is 2.45. The predicted molar refractivity (Wildman–Crippen MR) is 66.7 cm³/mol. The van der Waals surface area contributed by atoms with Crippen molar-refractivity contribution in [2.45, 2.75) is 19.1 Å². The van der Waals surface area contributed by atoms with Crippen molar-refractivity contribution in [2.75, 3.05) is 24.7 Å². The van der Waals surface area contributed by atoms with Gasteiger partial charge in [0, 0.05) is 5.56 Å². The fourth-order valence-corrected chi connectivity index (χ4v) is 2.65. The first-order chi connectivity index (χ1) is 9.54. The number of carbonyl (C=O) groups excluding carboxylic acids is 2. The van der Waals surface area contributed by atoms with E-state index >= 15 is 0 Å². The number of carboxylic acid groups (broad SMARTS) is 1. The monoisotopic (exact) mass is 276 g/mol. The summed E-state index contributed by atoms with van der Waals surface area (Å²) >= 11 is 0. The Balaban J connectivity index is 2.12. The molecule has 2 aliphatic heterocycles. The van der Waals surface area contributed by atoms with Gasteiger partial charge in [0.15, 0.2) is 0 Å². The molecule has 0 radical (unpaired) electrons. The van der Waals surface area contributed by atoms with E-state index in [-0.39, 0.29) is 0 Å². The molecule has 6 heteroatoms. The molecular weight excluding hydrogens is 262 g/mol. The zero-order valence-electron chi connectivity index (χ0n) is 11.0. The number of aryl methyl sites for hydroxylation is 1. The largest absolute Gasteiger partial charge is 0.548 e. The average Bonchev–Trinajstić information content (AvgIpc) is 2.63. The third-order valence-corrected chi connectivity index (χ3v) is 3.51. The third-order valence-electron chi connectivity index (χ3n) is 3.51. The number of hydrogen-bond acceptors (Lipinski definition) is 5. The Hall–Kier alpha value is -1.92. The Labute approximate surface area is 115 Å². The molecule has 1 aromatic carbocycles. The molecule has 0 aromatic heterocycles. The second-order valence-electron chi connectivity index (χ2n) is 4.95. The Bertz CT molecular complexity index is 577. The van der Waals surface area contributed by atoms with E-state index in [1.807, 2.05) is 13.0 Å². The fourth-order valence-electron chi connectivity index (χ4n) is 2.65. The first-order valence-corrected chi connectivity index (χ1v) is 6.45.